The van der Waals surface area contributed by atoms with Gasteiger partial charge in [0.1, 0.15) is 6.61 Å². The fourth-order valence-electron chi connectivity index (χ4n) is 1.45. The maximum Gasteiger partial charge on any atom is 0.200 e. The molecule has 0 unspecified atom stereocenters. The number of nitrogens with two attached hydrogens (primary N) is 1. The molecular formula is C14H11F2NOS. The van der Waals surface area contributed by atoms with Crippen LogP contribution in [0, 0.1) is 23.5 Å². The largest absolute Gasteiger partial charge is 0.485 e. The minimum Gasteiger partial charge on any atom is -0.485 e. The third kappa shape index (κ3) is 3.31. The molecule has 0 bridgehead atoms. The van der Waals surface area contributed by atoms with Crippen molar-refractivity contribution in [2.75, 3.05) is 6.54 Å². The van der Waals surface area contributed by atoms with E-state index in [0.29, 0.717) is 0 Å². The summed E-state index contributed by atoms with van der Waals surface area (Å²) in [7, 11) is 0. The van der Waals surface area contributed by atoms with Gasteiger partial charge in [-0.25, -0.2) is 4.39 Å². The molecule has 2 rings (SSSR count). The lowest BCUT2D eigenvalue weighted by molar-refractivity contribution is 0.287. The van der Waals surface area contributed by atoms with Crippen LogP contribution in [0.1, 0.15) is 10.4 Å². The highest BCUT2D eigenvalue weighted by Gasteiger charge is 2.10. The monoisotopic (exact) mass is 279 g/mol. The zero-order valence-electron chi connectivity index (χ0n) is 9.95. The number of ether oxygens (including phenoxy) is 1. The summed E-state index contributed by atoms with van der Waals surface area (Å²) in [5, 5.41) is 1.86. The number of rotatable bonds is 3. The zero-order valence-corrected chi connectivity index (χ0v) is 10.8. The average molecular weight is 279 g/mol. The molecule has 0 radical (unpaired) electrons. The molecule has 0 aliphatic rings. The van der Waals surface area contributed by atoms with Gasteiger partial charge < -0.3 is 10.5 Å². The number of benzene rings is 1. The topological polar surface area (TPSA) is 35.2 Å². The Kier molecular flexibility index (Phi) is 4.50. The second kappa shape index (κ2) is 6.32. The number of thiophene rings is 1. The van der Waals surface area contributed by atoms with Crippen LogP contribution in [0.3, 0.4) is 0 Å². The number of hydrogen-bond acceptors (Lipinski definition) is 3. The summed E-state index contributed by atoms with van der Waals surface area (Å²) in [6, 6.07) is 5.67. The predicted octanol–water partition coefficient (Wildman–Crippen LogP) is 2.92. The molecule has 0 amide bonds. The molecule has 0 aliphatic carbocycles. The molecule has 0 aliphatic heterocycles. The molecule has 2 nitrogen and oxygen atoms in total. The van der Waals surface area contributed by atoms with Crippen molar-refractivity contribution in [1.82, 2.24) is 0 Å². The van der Waals surface area contributed by atoms with Crippen molar-refractivity contribution >= 4 is 11.3 Å². The summed E-state index contributed by atoms with van der Waals surface area (Å²) >= 11 is 1.44. The fraction of sp³-hybridized carbons (Fsp3) is 0.143. The Hall–Kier alpha value is -1.90. The third-order valence-electron chi connectivity index (χ3n) is 2.35. The van der Waals surface area contributed by atoms with E-state index in [4.69, 9.17) is 10.5 Å². The molecule has 0 fully saturated rings. The Labute approximate surface area is 113 Å². The highest BCUT2D eigenvalue weighted by atomic mass is 32.1. The van der Waals surface area contributed by atoms with Crippen LogP contribution in [0.2, 0.25) is 0 Å². The van der Waals surface area contributed by atoms with Gasteiger partial charge in [0.25, 0.3) is 0 Å². The maximum absolute atomic E-state index is 13.4. The molecule has 0 spiro atoms. The first-order valence-corrected chi connectivity index (χ1v) is 6.42. The highest BCUT2D eigenvalue weighted by molar-refractivity contribution is 7.10. The molecule has 1 aromatic carbocycles. The summed E-state index contributed by atoms with van der Waals surface area (Å²) in [6.45, 7) is 0.418. The first-order valence-electron chi connectivity index (χ1n) is 5.54. The molecule has 19 heavy (non-hydrogen) atoms. The second-order valence-corrected chi connectivity index (χ2v) is 4.60. The quantitative estimate of drug-likeness (QED) is 0.877. The summed E-state index contributed by atoms with van der Waals surface area (Å²) in [5.74, 6) is 3.64. The third-order valence-corrected chi connectivity index (χ3v) is 3.24. The lowest BCUT2D eigenvalue weighted by atomic mass is 10.2. The number of hydrogen-bond donors (Lipinski definition) is 1. The molecular weight excluding hydrogens is 268 g/mol. The van der Waals surface area contributed by atoms with Gasteiger partial charge in [-0.3, -0.25) is 0 Å². The van der Waals surface area contributed by atoms with E-state index in [1.165, 1.54) is 23.5 Å². The van der Waals surface area contributed by atoms with Gasteiger partial charge in [-0.1, -0.05) is 17.9 Å². The van der Waals surface area contributed by atoms with Crippen molar-refractivity contribution in [3.05, 3.63) is 51.7 Å². The second-order valence-electron chi connectivity index (χ2n) is 3.60. The minimum atomic E-state index is -0.978. The van der Waals surface area contributed by atoms with Gasteiger partial charge in [0.2, 0.25) is 5.82 Å². The summed E-state index contributed by atoms with van der Waals surface area (Å²) in [6.07, 6.45) is 0. The lowest BCUT2D eigenvalue weighted by Gasteiger charge is -2.06. The van der Waals surface area contributed by atoms with Crippen molar-refractivity contribution < 1.29 is 13.5 Å². The van der Waals surface area contributed by atoms with Crippen LogP contribution in [0.15, 0.2) is 29.6 Å². The van der Waals surface area contributed by atoms with Crippen LogP contribution < -0.4 is 10.5 Å². The predicted molar refractivity (Wildman–Crippen MR) is 70.9 cm³/mol. The molecule has 5 heteroatoms. The van der Waals surface area contributed by atoms with Gasteiger partial charge in [0, 0.05) is 5.56 Å². The van der Waals surface area contributed by atoms with Gasteiger partial charge in [0.15, 0.2) is 11.6 Å². The van der Waals surface area contributed by atoms with Gasteiger partial charge in [-0.2, -0.15) is 4.39 Å². The van der Waals surface area contributed by atoms with Crippen molar-refractivity contribution in [2.24, 2.45) is 5.73 Å². The van der Waals surface area contributed by atoms with Crippen LogP contribution in [0.25, 0.3) is 0 Å². The van der Waals surface area contributed by atoms with Crippen LogP contribution >= 0.6 is 11.3 Å². The first-order chi connectivity index (χ1) is 9.22. The van der Waals surface area contributed by atoms with E-state index in [-0.39, 0.29) is 18.9 Å². The standard InChI is InChI=1S/C14H11F2NOS/c15-11-4-1-5-12(14(11)16)18-9-13-10(3-2-7-17)6-8-19-13/h1,4-6,8H,7,9,17H2. The van der Waals surface area contributed by atoms with Crippen molar-refractivity contribution in [3.8, 4) is 17.6 Å². The maximum atomic E-state index is 13.4. The van der Waals surface area contributed by atoms with E-state index < -0.39 is 11.6 Å². The van der Waals surface area contributed by atoms with E-state index in [1.807, 2.05) is 11.4 Å². The fourth-order valence-corrected chi connectivity index (χ4v) is 2.19. The summed E-state index contributed by atoms with van der Waals surface area (Å²) < 4.78 is 31.7. The van der Waals surface area contributed by atoms with Crippen LogP contribution in [0.4, 0.5) is 8.78 Å². The average Bonchev–Trinajstić information content (AvgIpc) is 2.85. The Morgan fingerprint density at radius 1 is 1.26 bits per heavy atom. The Morgan fingerprint density at radius 3 is 2.89 bits per heavy atom. The van der Waals surface area contributed by atoms with Crippen molar-refractivity contribution in [1.29, 1.82) is 0 Å². The SMILES string of the molecule is NCC#Cc1ccsc1COc1cccc(F)c1F. The normalized spacial score (nSPS) is 9.84. The Balaban J connectivity index is 2.11. The van der Waals surface area contributed by atoms with Crippen LogP contribution in [-0.2, 0) is 6.61 Å². The van der Waals surface area contributed by atoms with E-state index in [0.717, 1.165) is 16.5 Å². The van der Waals surface area contributed by atoms with Crippen LogP contribution in [0.5, 0.6) is 5.75 Å². The molecule has 2 aromatic rings. The molecule has 1 heterocycles. The van der Waals surface area contributed by atoms with Gasteiger partial charge in [-0.05, 0) is 23.6 Å². The smallest absolute Gasteiger partial charge is 0.200 e. The minimum absolute atomic E-state index is 0.105. The van der Waals surface area contributed by atoms with Crippen molar-refractivity contribution in [2.45, 2.75) is 6.61 Å². The Morgan fingerprint density at radius 2 is 2.11 bits per heavy atom. The highest BCUT2D eigenvalue weighted by Crippen LogP contribution is 2.23. The van der Waals surface area contributed by atoms with E-state index in [9.17, 15) is 8.78 Å². The van der Waals surface area contributed by atoms with E-state index in [2.05, 4.69) is 11.8 Å². The van der Waals surface area contributed by atoms with Crippen molar-refractivity contribution in [3.63, 3.8) is 0 Å². The lowest BCUT2D eigenvalue weighted by Crippen LogP contribution is -1.99. The summed E-state index contributed by atoms with van der Waals surface area (Å²) in [4.78, 5) is 0.851. The first kappa shape index (κ1) is 13.5. The van der Waals surface area contributed by atoms with E-state index in [1.54, 1.807) is 0 Å². The van der Waals surface area contributed by atoms with Gasteiger partial charge >= 0.3 is 0 Å². The van der Waals surface area contributed by atoms with Gasteiger partial charge in [0.05, 0.1) is 11.4 Å². The van der Waals surface area contributed by atoms with Gasteiger partial charge in [-0.15, -0.1) is 11.3 Å². The molecule has 98 valence electrons. The Bertz CT molecular complexity index is 628. The molecule has 1 aromatic heterocycles. The van der Waals surface area contributed by atoms with Crippen LogP contribution in [-0.4, -0.2) is 6.54 Å². The summed E-state index contributed by atoms with van der Waals surface area (Å²) in [5.41, 5.74) is 6.10. The zero-order chi connectivity index (χ0) is 13.7. The molecule has 0 saturated carbocycles. The molecule has 2 N–H and O–H groups in total. The molecule has 0 saturated heterocycles. The number of halogens is 2. The van der Waals surface area contributed by atoms with E-state index >= 15 is 0 Å². The molecule has 0 atom stereocenters.